The summed E-state index contributed by atoms with van der Waals surface area (Å²) in [7, 11) is -0.325. The lowest BCUT2D eigenvalue weighted by Gasteiger charge is -2.29. The average Bonchev–Trinajstić information content (AvgIpc) is 2.66. The van der Waals surface area contributed by atoms with E-state index in [9.17, 15) is 13.2 Å². The van der Waals surface area contributed by atoms with Gasteiger partial charge in [-0.2, -0.15) is 0 Å². The van der Waals surface area contributed by atoms with E-state index in [4.69, 9.17) is 9.47 Å². The predicted molar refractivity (Wildman–Crippen MR) is 109 cm³/mol. The summed E-state index contributed by atoms with van der Waals surface area (Å²) in [5.74, 6) is 1.07. The van der Waals surface area contributed by atoms with Crippen LogP contribution < -0.4 is 24.4 Å². The lowest BCUT2D eigenvalue weighted by atomic mass is 10.0. The molecule has 0 unspecified atom stereocenters. The number of carbonyl (C=O) groups excluding carboxylic acids is 1. The molecule has 0 saturated carbocycles. The number of aryl methyl sites for hydroxylation is 1. The molecule has 9 heteroatoms. The Balaban J connectivity index is 1.78. The number of nitrogens with zero attached hydrogens (tertiary/aromatic N) is 1. The van der Waals surface area contributed by atoms with E-state index in [1.165, 1.54) is 17.7 Å². The maximum Gasteiger partial charge on any atom is 0.323 e. The van der Waals surface area contributed by atoms with E-state index >= 15 is 0 Å². The molecule has 28 heavy (non-hydrogen) atoms. The van der Waals surface area contributed by atoms with Crippen molar-refractivity contribution < 1.29 is 22.7 Å². The van der Waals surface area contributed by atoms with E-state index < -0.39 is 16.1 Å². The normalized spacial score (nSPS) is 13.5. The van der Waals surface area contributed by atoms with Crippen LogP contribution in [0.25, 0.3) is 0 Å². The standard InChI is InChI=1S/C19H23N3O5S/c1-26-15-8-9-16(18(12-15)27-2)21-19(23)20-14-7-6-13-5-4-10-22(17(13)11-14)28(3,24)25/h6-9,11-12H,4-5,10H2,1-3H3,(H2,20,21,23). The summed E-state index contributed by atoms with van der Waals surface area (Å²) in [6.07, 6.45) is 2.76. The van der Waals surface area contributed by atoms with Crippen molar-refractivity contribution in [3.05, 3.63) is 42.0 Å². The smallest absolute Gasteiger partial charge is 0.323 e. The second-order valence-electron chi connectivity index (χ2n) is 6.43. The number of carbonyl (C=O) groups is 1. The topological polar surface area (TPSA) is 97.0 Å². The Morgan fingerprint density at radius 1 is 1.07 bits per heavy atom. The summed E-state index contributed by atoms with van der Waals surface area (Å²) in [6, 6.07) is 9.87. The summed E-state index contributed by atoms with van der Waals surface area (Å²) < 4.78 is 35.9. The van der Waals surface area contributed by atoms with Crippen LogP contribution in [0.4, 0.5) is 21.9 Å². The molecule has 0 saturated heterocycles. The van der Waals surface area contributed by atoms with Crippen LogP contribution in [0.5, 0.6) is 11.5 Å². The number of urea groups is 1. The van der Waals surface area contributed by atoms with E-state index in [1.807, 2.05) is 6.07 Å². The number of anilines is 3. The van der Waals surface area contributed by atoms with Gasteiger partial charge in [0.2, 0.25) is 10.0 Å². The molecule has 3 rings (SSSR count). The highest BCUT2D eigenvalue weighted by Crippen LogP contribution is 2.32. The number of ether oxygens (including phenoxy) is 2. The summed E-state index contributed by atoms with van der Waals surface area (Å²) in [5, 5.41) is 5.45. The van der Waals surface area contributed by atoms with E-state index in [-0.39, 0.29) is 0 Å². The largest absolute Gasteiger partial charge is 0.497 e. The molecule has 0 fully saturated rings. The van der Waals surface area contributed by atoms with Gasteiger partial charge in [-0.1, -0.05) is 6.07 Å². The van der Waals surface area contributed by atoms with Gasteiger partial charge >= 0.3 is 6.03 Å². The van der Waals surface area contributed by atoms with Crippen molar-refractivity contribution in [2.45, 2.75) is 12.8 Å². The molecule has 2 aromatic carbocycles. The zero-order valence-corrected chi connectivity index (χ0v) is 16.8. The molecule has 150 valence electrons. The first-order valence-corrected chi connectivity index (χ1v) is 10.6. The fraction of sp³-hybridized carbons (Fsp3) is 0.316. The van der Waals surface area contributed by atoms with Crippen molar-refractivity contribution in [1.82, 2.24) is 0 Å². The minimum Gasteiger partial charge on any atom is -0.497 e. The molecule has 0 spiro atoms. The molecule has 0 atom stereocenters. The Morgan fingerprint density at radius 2 is 1.86 bits per heavy atom. The predicted octanol–water partition coefficient (Wildman–Crippen LogP) is 3.06. The average molecular weight is 405 g/mol. The van der Waals surface area contributed by atoms with Crippen molar-refractivity contribution in [2.24, 2.45) is 0 Å². The number of amides is 2. The van der Waals surface area contributed by atoms with Crippen LogP contribution in [-0.2, 0) is 16.4 Å². The maximum atomic E-state index is 12.4. The Bertz CT molecular complexity index is 991. The van der Waals surface area contributed by atoms with Gasteiger partial charge in [0.1, 0.15) is 11.5 Å². The zero-order chi connectivity index (χ0) is 20.3. The Labute approximate surface area is 164 Å². The third-order valence-electron chi connectivity index (χ3n) is 4.48. The number of sulfonamides is 1. The number of methoxy groups -OCH3 is 2. The van der Waals surface area contributed by atoms with Crippen molar-refractivity contribution in [3.8, 4) is 11.5 Å². The molecule has 0 bridgehead atoms. The third kappa shape index (κ3) is 4.30. The van der Waals surface area contributed by atoms with Crippen LogP contribution in [0.15, 0.2) is 36.4 Å². The number of benzene rings is 2. The molecule has 1 aliphatic heterocycles. The molecule has 2 amide bonds. The second kappa shape index (κ2) is 7.97. The highest BCUT2D eigenvalue weighted by molar-refractivity contribution is 7.92. The van der Waals surface area contributed by atoms with Crippen molar-refractivity contribution in [3.63, 3.8) is 0 Å². The second-order valence-corrected chi connectivity index (χ2v) is 8.33. The van der Waals surface area contributed by atoms with Gasteiger partial charge in [0.05, 0.1) is 31.9 Å². The fourth-order valence-corrected chi connectivity index (χ4v) is 4.14. The van der Waals surface area contributed by atoms with E-state index in [1.54, 1.807) is 37.4 Å². The molecule has 0 radical (unpaired) electrons. The molecular weight excluding hydrogens is 382 g/mol. The Kier molecular flexibility index (Phi) is 5.64. The van der Waals surface area contributed by atoms with Crippen LogP contribution in [0.1, 0.15) is 12.0 Å². The molecule has 2 N–H and O–H groups in total. The minimum absolute atomic E-state index is 0.435. The SMILES string of the molecule is COc1ccc(NC(=O)Nc2ccc3c(c2)N(S(C)(=O)=O)CCC3)c(OC)c1. The van der Waals surface area contributed by atoms with Gasteiger partial charge < -0.3 is 20.1 Å². The molecule has 1 heterocycles. The molecule has 1 aliphatic rings. The van der Waals surface area contributed by atoms with Gasteiger partial charge in [0.25, 0.3) is 0 Å². The molecule has 0 aliphatic carbocycles. The first-order valence-electron chi connectivity index (χ1n) is 8.72. The van der Waals surface area contributed by atoms with E-state index in [0.717, 1.165) is 18.4 Å². The summed E-state index contributed by atoms with van der Waals surface area (Å²) in [4.78, 5) is 12.4. The Morgan fingerprint density at radius 3 is 2.54 bits per heavy atom. The first-order chi connectivity index (χ1) is 13.3. The van der Waals surface area contributed by atoms with Crippen molar-refractivity contribution in [1.29, 1.82) is 0 Å². The number of hydrogen-bond donors (Lipinski definition) is 2. The highest BCUT2D eigenvalue weighted by Gasteiger charge is 2.24. The van der Waals surface area contributed by atoms with E-state index in [2.05, 4.69) is 10.6 Å². The van der Waals surface area contributed by atoms with Gasteiger partial charge in [0, 0.05) is 18.3 Å². The van der Waals surface area contributed by atoms with Gasteiger partial charge in [-0.15, -0.1) is 0 Å². The molecule has 8 nitrogen and oxygen atoms in total. The fourth-order valence-electron chi connectivity index (χ4n) is 3.15. The molecule has 2 aromatic rings. The van der Waals surface area contributed by atoms with Crippen LogP contribution in [0, 0.1) is 0 Å². The van der Waals surface area contributed by atoms with E-state index in [0.29, 0.717) is 35.1 Å². The first kappa shape index (κ1) is 19.8. The monoisotopic (exact) mass is 405 g/mol. The van der Waals surface area contributed by atoms with Gasteiger partial charge in [0.15, 0.2) is 0 Å². The minimum atomic E-state index is -3.37. The summed E-state index contributed by atoms with van der Waals surface area (Å²) >= 11 is 0. The summed E-state index contributed by atoms with van der Waals surface area (Å²) in [5.41, 5.74) is 2.53. The van der Waals surface area contributed by atoms with Crippen LogP contribution in [-0.4, -0.2) is 41.5 Å². The van der Waals surface area contributed by atoms with Crippen LogP contribution in [0.2, 0.25) is 0 Å². The van der Waals surface area contributed by atoms with Crippen LogP contribution in [0.3, 0.4) is 0 Å². The molecule has 0 aromatic heterocycles. The van der Waals surface area contributed by atoms with Gasteiger partial charge in [-0.05, 0) is 42.7 Å². The zero-order valence-electron chi connectivity index (χ0n) is 16.0. The number of fused-ring (bicyclic) bond motifs is 1. The highest BCUT2D eigenvalue weighted by atomic mass is 32.2. The van der Waals surface area contributed by atoms with Gasteiger partial charge in [-0.25, -0.2) is 13.2 Å². The lowest BCUT2D eigenvalue weighted by Crippen LogP contribution is -2.34. The number of rotatable bonds is 5. The van der Waals surface area contributed by atoms with Crippen molar-refractivity contribution in [2.75, 3.05) is 42.0 Å². The number of hydrogen-bond acceptors (Lipinski definition) is 5. The van der Waals surface area contributed by atoms with Gasteiger partial charge in [-0.3, -0.25) is 4.31 Å². The Hall–Kier alpha value is -2.94. The lowest BCUT2D eigenvalue weighted by molar-refractivity contribution is 0.262. The molecular formula is C19H23N3O5S. The summed E-state index contributed by atoms with van der Waals surface area (Å²) in [6.45, 7) is 0.435. The number of nitrogens with one attached hydrogen (secondary N) is 2. The third-order valence-corrected chi connectivity index (χ3v) is 5.66. The maximum absolute atomic E-state index is 12.4. The van der Waals surface area contributed by atoms with Crippen molar-refractivity contribution >= 4 is 33.1 Å². The van der Waals surface area contributed by atoms with Crippen LogP contribution >= 0.6 is 0 Å². The quantitative estimate of drug-likeness (QED) is 0.797.